The number of hydrazine groups is 1. The van der Waals surface area contributed by atoms with Crippen LogP contribution in [0, 0.1) is 6.92 Å². The van der Waals surface area contributed by atoms with E-state index in [1.807, 2.05) is 30.3 Å². The molecule has 0 saturated heterocycles. The molecule has 0 aliphatic heterocycles. The first-order valence-electron chi connectivity index (χ1n) is 7.92. The molecular weight excluding hydrogens is 352 g/mol. The number of benzene rings is 2. The molecule has 26 heavy (non-hydrogen) atoms. The number of rotatable bonds is 4. The van der Waals surface area contributed by atoms with Gasteiger partial charge in [0.1, 0.15) is 0 Å². The molecule has 0 bridgehead atoms. The van der Waals surface area contributed by atoms with Gasteiger partial charge >= 0.3 is 0 Å². The number of nitrogens with zero attached hydrogens (tertiary/aromatic N) is 3. The minimum atomic E-state index is -0.580. The Balaban J connectivity index is 1.92. The summed E-state index contributed by atoms with van der Waals surface area (Å²) in [7, 11) is 1.69. The summed E-state index contributed by atoms with van der Waals surface area (Å²) >= 11 is 5.91. The first-order valence-corrected chi connectivity index (χ1v) is 8.30. The second kappa shape index (κ2) is 7.41. The SMILES string of the molecule is Cc1cc(=O)c(C(=O)NN(C)c2ccccc2)nn1-c1ccc(Cl)cc1. The summed E-state index contributed by atoms with van der Waals surface area (Å²) in [6.07, 6.45) is 0. The number of hydrogen-bond donors (Lipinski definition) is 1. The van der Waals surface area contributed by atoms with Gasteiger partial charge in [-0.1, -0.05) is 29.8 Å². The zero-order chi connectivity index (χ0) is 18.7. The van der Waals surface area contributed by atoms with Gasteiger partial charge in [0.05, 0.1) is 11.4 Å². The van der Waals surface area contributed by atoms with Crippen molar-refractivity contribution in [3.8, 4) is 5.69 Å². The molecule has 1 amide bonds. The second-order valence-electron chi connectivity index (χ2n) is 5.72. The topological polar surface area (TPSA) is 67.2 Å². The Morgan fingerprint density at radius 1 is 1.12 bits per heavy atom. The normalized spacial score (nSPS) is 10.4. The Bertz CT molecular complexity index is 985. The number of hydrogen-bond acceptors (Lipinski definition) is 4. The smallest absolute Gasteiger partial charge is 0.288 e. The zero-order valence-electron chi connectivity index (χ0n) is 14.3. The van der Waals surface area contributed by atoms with Gasteiger partial charge in [-0.25, -0.2) is 4.68 Å². The third kappa shape index (κ3) is 3.75. The Morgan fingerprint density at radius 3 is 2.42 bits per heavy atom. The quantitative estimate of drug-likeness (QED) is 0.719. The lowest BCUT2D eigenvalue weighted by molar-refractivity contribution is 0.0943. The zero-order valence-corrected chi connectivity index (χ0v) is 15.1. The van der Waals surface area contributed by atoms with Gasteiger partial charge in [-0.3, -0.25) is 20.0 Å². The van der Waals surface area contributed by atoms with E-state index in [9.17, 15) is 9.59 Å². The highest BCUT2D eigenvalue weighted by Gasteiger charge is 2.17. The summed E-state index contributed by atoms with van der Waals surface area (Å²) in [4.78, 5) is 24.8. The number of aromatic nitrogens is 2. The van der Waals surface area contributed by atoms with E-state index >= 15 is 0 Å². The molecule has 1 N–H and O–H groups in total. The van der Waals surface area contributed by atoms with Crippen molar-refractivity contribution in [2.24, 2.45) is 0 Å². The van der Waals surface area contributed by atoms with Gasteiger partial charge in [0, 0.05) is 23.8 Å². The standard InChI is InChI=1S/C19H17ClN4O2/c1-13-12-17(25)18(21-24(13)16-10-8-14(20)9-11-16)19(26)22-23(2)15-6-4-3-5-7-15/h3-12H,1-2H3,(H,22,26). The first-order chi connectivity index (χ1) is 12.5. The van der Waals surface area contributed by atoms with Crippen molar-refractivity contribution in [2.75, 3.05) is 12.1 Å². The minimum absolute atomic E-state index is 0.187. The van der Waals surface area contributed by atoms with Crippen LogP contribution in [0.1, 0.15) is 16.2 Å². The molecule has 3 rings (SSSR count). The van der Waals surface area contributed by atoms with Crippen LogP contribution in [0.4, 0.5) is 5.69 Å². The molecule has 132 valence electrons. The van der Waals surface area contributed by atoms with Gasteiger partial charge in [0.25, 0.3) is 5.91 Å². The summed E-state index contributed by atoms with van der Waals surface area (Å²) in [5, 5.41) is 6.37. The van der Waals surface area contributed by atoms with Crippen LogP contribution in [0.5, 0.6) is 0 Å². The summed E-state index contributed by atoms with van der Waals surface area (Å²) in [6.45, 7) is 1.75. The highest BCUT2D eigenvalue weighted by molar-refractivity contribution is 6.30. The molecule has 2 aromatic carbocycles. The Kier molecular flexibility index (Phi) is 5.04. The van der Waals surface area contributed by atoms with Crippen LogP contribution in [0.15, 0.2) is 65.5 Å². The van der Waals surface area contributed by atoms with Gasteiger partial charge in [-0.15, -0.1) is 0 Å². The molecule has 0 radical (unpaired) electrons. The maximum absolute atomic E-state index is 12.5. The van der Waals surface area contributed by atoms with Crippen LogP contribution in [0.25, 0.3) is 5.69 Å². The van der Waals surface area contributed by atoms with Gasteiger partial charge < -0.3 is 0 Å². The molecule has 0 spiro atoms. The molecule has 7 heteroatoms. The predicted molar refractivity (Wildman–Crippen MR) is 102 cm³/mol. The fourth-order valence-electron chi connectivity index (χ4n) is 2.47. The predicted octanol–water partition coefficient (Wildman–Crippen LogP) is 2.98. The molecule has 0 unspecified atom stereocenters. The Labute approximate surface area is 155 Å². The van der Waals surface area contributed by atoms with Gasteiger partial charge in [-0.05, 0) is 43.3 Å². The Morgan fingerprint density at radius 2 is 1.77 bits per heavy atom. The van der Waals surface area contributed by atoms with Gasteiger partial charge in [0.15, 0.2) is 5.69 Å². The number of nitrogens with one attached hydrogen (secondary N) is 1. The van der Waals surface area contributed by atoms with E-state index in [-0.39, 0.29) is 5.69 Å². The molecule has 3 aromatic rings. The van der Waals surface area contributed by atoms with Crippen molar-refractivity contribution in [2.45, 2.75) is 6.92 Å². The van der Waals surface area contributed by atoms with E-state index in [0.717, 1.165) is 5.69 Å². The number of halogens is 1. The van der Waals surface area contributed by atoms with Crippen molar-refractivity contribution < 1.29 is 4.79 Å². The van der Waals surface area contributed by atoms with Crippen molar-refractivity contribution in [1.29, 1.82) is 0 Å². The number of carbonyl (C=O) groups excluding carboxylic acids is 1. The van der Waals surface area contributed by atoms with E-state index in [4.69, 9.17) is 11.6 Å². The summed E-state index contributed by atoms with van der Waals surface area (Å²) in [6, 6.07) is 17.6. The third-order valence-electron chi connectivity index (χ3n) is 3.81. The Hall–Kier alpha value is -3.12. The molecule has 1 heterocycles. The molecular formula is C19H17ClN4O2. The van der Waals surface area contributed by atoms with E-state index in [1.165, 1.54) is 15.8 Å². The van der Waals surface area contributed by atoms with Crippen molar-refractivity contribution in [1.82, 2.24) is 15.2 Å². The van der Waals surface area contributed by atoms with E-state index < -0.39 is 11.3 Å². The van der Waals surface area contributed by atoms with Crippen LogP contribution in [-0.4, -0.2) is 22.7 Å². The van der Waals surface area contributed by atoms with Crippen molar-refractivity contribution >= 4 is 23.2 Å². The number of aryl methyl sites for hydroxylation is 1. The van der Waals surface area contributed by atoms with Crippen LogP contribution in [0.2, 0.25) is 5.02 Å². The highest BCUT2D eigenvalue weighted by Crippen LogP contribution is 2.14. The molecule has 0 saturated carbocycles. The lowest BCUT2D eigenvalue weighted by atomic mass is 10.2. The average Bonchev–Trinajstić information content (AvgIpc) is 2.63. The maximum Gasteiger partial charge on any atom is 0.294 e. The average molecular weight is 369 g/mol. The highest BCUT2D eigenvalue weighted by atomic mass is 35.5. The monoisotopic (exact) mass is 368 g/mol. The molecule has 0 atom stereocenters. The summed E-state index contributed by atoms with van der Waals surface area (Å²) in [5.41, 5.74) is 4.14. The van der Waals surface area contributed by atoms with E-state index in [1.54, 1.807) is 38.2 Å². The fraction of sp³-hybridized carbons (Fsp3) is 0.105. The lowest BCUT2D eigenvalue weighted by Crippen LogP contribution is -2.42. The number of amides is 1. The molecule has 0 fully saturated rings. The van der Waals surface area contributed by atoms with Crippen LogP contribution < -0.4 is 15.9 Å². The largest absolute Gasteiger partial charge is 0.294 e. The number of carbonyl (C=O) groups is 1. The first kappa shape index (κ1) is 17.7. The molecule has 0 aliphatic carbocycles. The molecule has 0 aliphatic rings. The minimum Gasteiger partial charge on any atom is -0.288 e. The van der Waals surface area contributed by atoms with Crippen LogP contribution in [0.3, 0.4) is 0 Å². The number of para-hydroxylation sites is 1. The van der Waals surface area contributed by atoms with Crippen LogP contribution in [-0.2, 0) is 0 Å². The maximum atomic E-state index is 12.5. The van der Waals surface area contributed by atoms with Gasteiger partial charge in [-0.2, -0.15) is 5.10 Å². The summed E-state index contributed by atoms with van der Waals surface area (Å²) in [5.74, 6) is -0.580. The lowest BCUT2D eigenvalue weighted by Gasteiger charge is -2.20. The van der Waals surface area contributed by atoms with Crippen molar-refractivity contribution in [3.63, 3.8) is 0 Å². The fourth-order valence-corrected chi connectivity index (χ4v) is 2.60. The van der Waals surface area contributed by atoms with E-state index in [0.29, 0.717) is 16.4 Å². The van der Waals surface area contributed by atoms with Crippen molar-refractivity contribution in [3.05, 3.63) is 87.3 Å². The van der Waals surface area contributed by atoms with Gasteiger partial charge in [0.2, 0.25) is 5.43 Å². The van der Waals surface area contributed by atoms with Crippen LogP contribution >= 0.6 is 11.6 Å². The van der Waals surface area contributed by atoms with E-state index in [2.05, 4.69) is 10.5 Å². The second-order valence-corrected chi connectivity index (χ2v) is 6.16. The molecule has 1 aromatic heterocycles. The number of anilines is 1. The molecule has 6 nitrogen and oxygen atoms in total. The summed E-state index contributed by atoms with van der Waals surface area (Å²) < 4.78 is 1.54. The third-order valence-corrected chi connectivity index (χ3v) is 4.06.